The van der Waals surface area contributed by atoms with Crippen molar-refractivity contribution in [3.63, 3.8) is 0 Å². The fourth-order valence-corrected chi connectivity index (χ4v) is 4.98. The van der Waals surface area contributed by atoms with Crippen LogP contribution in [0.3, 0.4) is 0 Å². The number of nitrogens with one attached hydrogen (secondary N) is 2. The Bertz CT molecular complexity index is 1150. The SMILES string of the molecule is [B][B]c1ccccc1C(CC)C([B])NC(=O)CN1CCC(n2c(=O)[nH]c3ccccc32)CC1. The molecule has 2 heterocycles. The van der Waals surface area contributed by atoms with E-state index in [1.165, 1.54) is 0 Å². The van der Waals surface area contributed by atoms with Crippen molar-refractivity contribution >= 4 is 45.2 Å². The maximum Gasteiger partial charge on any atom is 0.326 e. The maximum absolute atomic E-state index is 12.7. The molecule has 1 aliphatic rings. The minimum Gasteiger partial charge on any atom is -0.360 e. The summed E-state index contributed by atoms with van der Waals surface area (Å²) in [5.41, 5.74) is 3.70. The van der Waals surface area contributed by atoms with Gasteiger partial charge in [0.2, 0.25) is 5.91 Å². The molecule has 1 fully saturated rings. The van der Waals surface area contributed by atoms with Crippen LogP contribution in [0, 0.1) is 0 Å². The van der Waals surface area contributed by atoms with Crippen LogP contribution >= 0.6 is 0 Å². The van der Waals surface area contributed by atoms with Crippen LogP contribution in [0.1, 0.15) is 43.7 Å². The van der Waals surface area contributed by atoms with Crippen LogP contribution in [-0.4, -0.2) is 68.7 Å². The van der Waals surface area contributed by atoms with Crippen molar-refractivity contribution in [1.29, 1.82) is 0 Å². The van der Waals surface area contributed by atoms with Gasteiger partial charge in [-0.3, -0.25) is 14.3 Å². The van der Waals surface area contributed by atoms with Crippen molar-refractivity contribution in [2.24, 2.45) is 0 Å². The lowest BCUT2D eigenvalue weighted by molar-refractivity contribution is -0.122. The molecule has 5 radical (unpaired) electrons. The fourth-order valence-electron chi connectivity index (χ4n) is 4.98. The molecule has 2 atom stereocenters. The molecule has 3 aromatic rings. The van der Waals surface area contributed by atoms with Gasteiger partial charge < -0.3 is 10.3 Å². The number of H-pyrrole nitrogens is 1. The normalized spacial score (nSPS) is 17.0. The molecule has 2 aromatic carbocycles. The molecule has 1 saturated heterocycles. The van der Waals surface area contributed by atoms with E-state index in [1.54, 1.807) is 7.17 Å². The van der Waals surface area contributed by atoms with E-state index in [0.717, 1.165) is 54.4 Å². The Balaban J connectivity index is 1.33. The largest absolute Gasteiger partial charge is 0.360 e. The first-order chi connectivity index (χ1) is 16.0. The van der Waals surface area contributed by atoms with E-state index in [0.29, 0.717) is 6.54 Å². The molecule has 1 aliphatic heterocycles. The van der Waals surface area contributed by atoms with Crippen molar-refractivity contribution in [3.8, 4) is 0 Å². The van der Waals surface area contributed by atoms with Gasteiger partial charge in [0.1, 0.15) is 0 Å². The van der Waals surface area contributed by atoms with Crippen LogP contribution < -0.4 is 16.5 Å². The lowest BCUT2D eigenvalue weighted by Crippen LogP contribution is -2.47. The topological polar surface area (TPSA) is 70.1 Å². The van der Waals surface area contributed by atoms with Gasteiger partial charge in [-0.15, -0.1) is 0 Å². The van der Waals surface area contributed by atoms with E-state index in [4.69, 9.17) is 15.6 Å². The van der Waals surface area contributed by atoms with Gasteiger partial charge >= 0.3 is 5.69 Å². The quantitative estimate of drug-likeness (QED) is 0.521. The van der Waals surface area contributed by atoms with E-state index in [-0.39, 0.29) is 23.6 Å². The molecule has 1 aromatic heterocycles. The average molecular weight is 437 g/mol. The number of rotatable bonds is 8. The summed E-state index contributed by atoms with van der Waals surface area (Å²) in [5.74, 6) is -0.603. The van der Waals surface area contributed by atoms with Gasteiger partial charge in [0.15, 0.2) is 0 Å². The summed E-state index contributed by atoms with van der Waals surface area (Å²) in [6.07, 6.45) is 2.42. The van der Waals surface area contributed by atoms with E-state index in [2.05, 4.69) is 22.1 Å². The summed E-state index contributed by atoms with van der Waals surface area (Å²) in [5, 5.41) is 2.98. The Morgan fingerprint density at radius 3 is 2.61 bits per heavy atom. The van der Waals surface area contributed by atoms with E-state index >= 15 is 0 Å². The summed E-state index contributed by atoms with van der Waals surface area (Å²) < 4.78 is 1.86. The van der Waals surface area contributed by atoms with Gasteiger partial charge in [-0.25, -0.2) is 4.79 Å². The van der Waals surface area contributed by atoms with Crippen molar-refractivity contribution in [3.05, 3.63) is 64.6 Å². The van der Waals surface area contributed by atoms with Crippen LogP contribution in [-0.2, 0) is 4.79 Å². The van der Waals surface area contributed by atoms with Gasteiger partial charge in [-0.1, -0.05) is 54.3 Å². The first-order valence-electron chi connectivity index (χ1n) is 11.6. The van der Waals surface area contributed by atoms with Gasteiger partial charge in [-0.05, 0) is 43.3 Å². The highest BCUT2D eigenvalue weighted by Crippen LogP contribution is 2.25. The van der Waals surface area contributed by atoms with Crippen LogP contribution in [0.25, 0.3) is 11.0 Å². The Labute approximate surface area is 198 Å². The Morgan fingerprint density at radius 2 is 1.88 bits per heavy atom. The number of piperidine rings is 1. The molecule has 9 heteroatoms. The van der Waals surface area contributed by atoms with Gasteiger partial charge in [0.05, 0.1) is 32.6 Å². The zero-order chi connectivity index (χ0) is 23.4. The van der Waals surface area contributed by atoms with Crippen molar-refractivity contribution in [2.45, 2.75) is 44.1 Å². The predicted molar refractivity (Wildman–Crippen MR) is 136 cm³/mol. The summed E-state index contributed by atoms with van der Waals surface area (Å²) in [4.78, 5) is 30.3. The highest BCUT2D eigenvalue weighted by Gasteiger charge is 2.26. The second-order valence-electron chi connectivity index (χ2n) is 8.73. The number of hydrogen-bond acceptors (Lipinski definition) is 3. The number of benzene rings is 2. The minimum atomic E-state index is -0.495. The lowest BCUT2D eigenvalue weighted by Gasteiger charge is -2.33. The molecular weight excluding hydrogens is 409 g/mol. The van der Waals surface area contributed by atoms with Crippen LogP contribution in [0.2, 0.25) is 0 Å². The van der Waals surface area contributed by atoms with E-state index in [1.807, 2.05) is 53.1 Å². The van der Waals surface area contributed by atoms with E-state index < -0.39 is 5.94 Å². The monoisotopic (exact) mass is 437 g/mol. The van der Waals surface area contributed by atoms with Gasteiger partial charge in [0.25, 0.3) is 0 Å². The highest BCUT2D eigenvalue weighted by atomic mass is 16.2. The number of amides is 1. The zero-order valence-electron chi connectivity index (χ0n) is 19.0. The van der Waals surface area contributed by atoms with Gasteiger partial charge in [0, 0.05) is 26.9 Å². The third-order valence-electron chi connectivity index (χ3n) is 6.69. The number of nitrogens with zero attached hydrogens (tertiary/aromatic N) is 2. The predicted octanol–water partition coefficient (Wildman–Crippen LogP) is 1.18. The summed E-state index contributed by atoms with van der Waals surface area (Å²) in [7, 11) is 13.7. The Kier molecular flexibility index (Phi) is 7.48. The third kappa shape index (κ3) is 5.13. The smallest absolute Gasteiger partial charge is 0.326 e. The molecule has 6 nitrogen and oxygen atoms in total. The number of imidazole rings is 1. The maximum atomic E-state index is 12.7. The zero-order valence-corrected chi connectivity index (χ0v) is 19.0. The average Bonchev–Trinajstić information content (AvgIpc) is 3.16. The number of para-hydroxylation sites is 2. The number of likely N-dealkylation sites (tertiary alicyclic amines) is 1. The summed E-state index contributed by atoms with van der Waals surface area (Å²) >= 11 is 0. The molecule has 33 heavy (non-hydrogen) atoms. The minimum absolute atomic E-state index is 0.0237. The number of aromatic nitrogens is 2. The Morgan fingerprint density at radius 1 is 1.18 bits per heavy atom. The molecule has 2 unspecified atom stereocenters. The van der Waals surface area contributed by atoms with Crippen LogP contribution in [0.5, 0.6) is 0 Å². The number of hydrogen-bond donors (Lipinski definition) is 2. The molecule has 0 aliphatic carbocycles. The number of aromatic amines is 1. The first-order valence-corrected chi connectivity index (χ1v) is 11.6. The number of carbonyl (C=O) groups excluding carboxylic acids is 1. The van der Waals surface area contributed by atoms with E-state index in [9.17, 15) is 9.59 Å². The van der Waals surface area contributed by atoms with Crippen molar-refractivity contribution in [1.82, 2.24) is 19.8 Å². The second kappa shape index (κ2) is 10.5. The van der Waals surface area contributed by atoms with Crippen LogP contribution in [0.4, 0.5) is 0 Å². The molecule has 0 bridgehead atoms. The van der Waals surface area contributed by atoms with Crippen molar-refractivity contribution in [2.75, 3.05) is 19.6 Å². The first kappa shape index (κ1) is 23.5. The third-order valence-corrected chi connectivity index (χ3v) is 6.69. The number of fused-ring (bicyclic) bond motifs is 1. The molecular formula is C24H28B3N4O2. The lowest BCUT2D eigenvalue weighted by atomic mass is 9.49. The van der Waals surface area contributed by atoms with Crippen molar-refractivity contribution < 1.29 is 4.79 Å². The second-order valence-corrected chi connectivity index (χ2v) is 8.73. The fraction of sp³-hybridized carbons (Fsp3) is 0.417. The molecule has 2 N–H and O–H groups in total. The van der Waals surface area contributed by atoms with Gasteiger partial charge in [-0.2, -0.15) is 0 Å². The molecule has 4 rings (SSSR count). The summed E-state index contributed by atoms with van der Waals surface area (Å²) in [6.45, 7) is 3.86. The molecule has 0 spiro atoms. The standard InChI is InChI=1S/C24H28B3N4O2/c1-2-17(18-7-3-4-8-19(18)27-26)23(25)29-22(32)15-30-13-11-16(12-14-30)31-21-10-6-5-9-20(21)28-24(31)33/h3-10,16-17,23H,2,11-15H2,1H3,(H,28,33)(H,29,32). The Hall–Kier alpha value is -2.67. The number of carbonyl (C=O) groups is 1. The highest BCUT2D eigenvalue weighted by molar-refractivity contribution is 6.97. The van der Waals surface area contributed by atoms with Crippen LogP contribution in [0.15, 0.2) is 53.3 Å². The summed E-state index contributed by atoms with van der Waals surface area (Å²) in [6, 6.07) is 15.8. The molecule has 165 valence electrons. The molecule has 0 saturated carbocycles. The molecule has 1 amide bonds.